The van der Waals surface area contributed by atoms with Crippen molar-refractivity contribution in [3.63, 3.8) is 0 Å². The lowest BCUT2D eigenvalue weighted by atomic mass is 10.3. The minimum Gasteiger partial charge on any atom is -0.463 e. The summed E-state index contributed by atoms with van der Waals surface area (Å²) in [6.07, 6.45) is 3.12. The Morgan fingerprint density at radius 3 is 3.07 bits per heavy atom. The van der Waals surface area contributed by atoms with Crippen molar-refractivity contribution >= 4 is 22.8 Å². The standard InChI is InChI=1S/C9H5ClN4O/c10-9-13-6(5-2-1-3-15-5)7-8(14-9)12-4-11-7/h1-4H,(H,11,12,13,14). The van der Waals surface area contributed by atoms with Gasteiger partial charge in [-0.1, -0.05) is 0 Å². The van der Waals surface area contributed by atoms with Crippen molar-refractivity contribution in [2.75, 3.05) is 0 Å². The van der Waals surface area contributed by atoms with Gasteiger partial charge in [-0.2, -0.15) is 4.98 Å². The molecule has 0 fully saturated rings. The average Bonchev–Trinajstić information content (AvgIpc) is 2.86. The van der Waals surface area contributed by atoms with Crippen LogP contribution in [-0.2, 0) is 0 Å². The molecule has 0 aromatic carbocycles. The summed E-state index contributed by atoms with van der Waals surface area (Å²) in [7, 11) is 0. The van der Waals surface area contributed by atoms with Gasteiger partial charge in [0.15, 0.2) is 11.4 Å². The van der Waals surface area contributed by atoms with Crippen LogP contribution in [0.5, 0.6) is 0 Å². The molecule has 5 nitrogen and oxygen atoms in total. The molecule has 1 N–H and O–H groups in total. The highest BCUT2D eigenvalue weighted by Crippen LogP contribution is 2.25. The summed E-state index contributed by atoms with van der Waals surface area (Å²) >= 11 is 5.78. The summed E-state index contributed by atoms with van der Waals surface area (Å²) < 4.78 is 5.26. The zero-order valence-electron chi connectivity index (χ0n) is 7.44. The van der Waals surface area contributed by atoms with Crippen LogP contribution in [0.3, 0.4) is 0 Å². The molecule has 74 valence electrons. The zero-order valence-corrected chi connectivity index (χ0v) is 8.19. The second-order valence-electron chi connectivity index (χ2n) is 2.92. The maximum atomic E-state index is 5.78. The average molecular weight is 221 g/mol. The van der Waals surface area contributed by atoms with Crippen molar-refractivity contribution in [1.82, 2.24) is 19.9 Å². The number of hydrogen-bond acceptors (Lipinski definition) is 4. The van der Waals surface area contributed by atoms with Crippen LogP contribution >= 0.6 is 11.6 Å². The molecule has 3 aromatic rings. The molecule has 0 unspecified atom stereocenters. The first kappa shape index (κ1) is 8.43. The van der Waals surface area contributed by atoms with Gasteiger partial charge >= 0.3 is 0 Å². The Balaban J connectivity index is 2.38. The van der Waals surface area contributed by atoms with E-state index >= 15 is 0 Å². The molecule has 0 aliphatic rings. The van der Waals surface area contributed by atoms with E-state index < -0.39 is 0 Å². The molecule has 0 saturated carbocycles. The Hall–Kier alpha value is -1.88. The van der Waals surface area contributed by atoms with Crippen molar-refractivity contribution in [3.05, 3.63) is 30.0 Å². The quantitative estimate of drug-likeness (QED) is 0.639. The van der Waals surface area contributed by atoms with Gasteiger partial charge in [0.05, 0.1) is 12.6 Å². The number of furan rings is 1. The number of aromatic amines is 1. The highest BCUT2D eigenvalue weighted by Gasteiger charge is 2.12. The minimum absolute atomic E-state index is 0.154. The number of nitrogens with one attached hydrogen (secondary N) is 1. The lowest BCUT2D eigenvalue weighted by Crippen LogP contribution is -1.89. The molecular weight excluding hydrogens is 216 g/mol. The topological polar surface area (TPSA) is 67.6 Å². The van der Waals surface area contributed by atoms with Gasteiger partial charge in [-0.05, 0) is 23.7 Å². The van der Waals surface area contributed by atoms with E-state index in [2.05, 4.69) is 19.9 Å². The monoisotopic (exact) mass is 220 g/mol. The van der Waals surface area contributed by atoms with E-state index in [4.69, 9.17) is 16.0 Å². The summed E-state index contributed by atoms with van der Waals surface area (Å²) in [5, 5.41) is 0.154. The van der Waals surface area contributed by atoms with E-state index in [1.54, 1.807) is 24.7 Å². The maximum absolute atomic E-state index is 5.78. The molecule has 3 heterocycles. The van der Waals surface area contributed by atoms with Crippen LogP contribution in [0.1, 0.15) is 0 Å². The van der Waals surface area contributed by atoms with Crippen LogP contribution in [0.15, 0.2) is 29.1 Å². The molecule has 0 bridgehead atoms. The predicted octanol–water partition coefficient (Wildman–Crippen LogP) is 2.27. The number of hydrogen-bond donors (Lipinski definition) is 1. The molecule has 0 spiro atoms. The van der Waals surface area contributed by atoms with Gasteiger partial charge in [-0.15, -0.1) is 0 Å². The molecule has 3 rings (SSSR count). The van der Waals surface area contributed by atoms with Gasteiger partial charge in [0.1, 0.15) is 11.2 Å². The van der Waals surface area contributed by atoms with Gasteiger partial charge < -0.3 is 9.40 Å². The van der Waals surface area contributed by atoms with Gasteiger partial charge in [0.25, 0.3) is 0 Å². The highest BCUT2D eigenvalue weighted by molar-refractivity contribution is 6.28. The van der Waals surface area contributed by atoms with Crippen molar-refractivity contribution in [3.8, 4) is 11.5 Å². The second-order valence-corrected chi connectivity index (χ2v) is 3.26. The number of halogens is 1. The molecule has 0 radical (unpaired) electrons. The van der Waals surface area contributed by atoms with Gasteiger partial charge in [-0.25, -0.2) is 9.97 Å². The van der Waals surface area contributed by atoms with Crippen LogP contribution < -0.4 is 0 Å². The number of nitrogens with zero attached hydrogens (tertiary/aromatic N) is 3. The number of aromatic nitrogens is 4. The second kappa shape index (κ2) is 3.06. The van der Waals surface area contributed by atoms with Gasteiger partial charge in [-0.3, -0.25) is 0 Å². The third-order valence-electron chi connectivity index (χ3n) is 2.01. The van der Waals surface area contributed by atoms with Crippen LogP contribution in [-0.4, -0.2) is 19.9 Å². The Labute approximate surface area is 89.1 Å². The largest absolute Gasteiger partial charge is 0.463 e. The smallest absolute Gasteiger partial charge is 0.225 e. The van der Waals surface area contributed by atoms with E-state index in [0.717, 1.165) is 0 Å². The number of fused-ring (bicyclic) bond motifs is 1. The molecule has 15 heavy (non-hydrogen) atoms. The zero-order chi connectivity index (χ0) is 10.3. The molecular formula is C9H5ClN4O. The van der Waals surface area contributed by atoms with Crippen LogP contribution in [0.4, 0.5) is 0 Å². The molecule has 0 aliphatic heterocycles. The van der Waals surface area contributed by atoms with Gasteiger partial charge in [0, 0.05) is 0 Å². The summed E-state index contributed by atoms with van der Waals surface area (Å²) in [5.41, 5.74) is 1.86. The van der Waals surface area contributed by atoms with Crippen molar-refractivity contribution < 1.29 is 4.42 Å². The van der Waals surface area contributed by atoms with E-state index in [-0.39, 0.29) is 5.28 Å². The maximum Gasteiger partial charge on any atom is 0.225 e. The van der Waals surface area contributed by atoms with Crippen molar-refractivity contribution in [2.24, 2.45) is 0 Å². The SMILES string of the molecule is Clc1nc(-c2ccco2)c2[nH]cnc2n1. The lowest BCUT2D eigenvalue weighted by molar-refractivity contribution is 0.580. The van der Waals surface area contributed by atoms with E-state index in [0.29, 0.717) is 22.6 Å². The normalized spacial score (nSPS) is 11.0. The Bertz CT molecular complexity index is 602. The Kier molecular flexibility index (Phi) is 1.72. The molecule has 3 aromatic heterocycles. The van der Waals surface area contributed by atoms with Crippen LogP contribution in [0, 0.1) is 0 Å². The molecule has 6 heteroatoms. The van der Waals surface area contributed by atoms with Crippen LogP contribution in [0.25, 0.3) is 22.6 Å². The van der Waals surface area contributed by atoms with Crippen LogP contribution in [0.2, 0.25) is 5.28 Å². The summed E-state index contributed by atoms with van der Waals surface area (Å²) in [6.45, 7) is 0. The lowest BCUT2D eigenvalue weighted by Gasteiger charge is -1.97. The Morgan fingerprint density at radius 1 is 1.33 bits per heavy atom. The first-order chi connectivity index (χ1) is 7.34. The molecule has 0 atom stereocenters. The summed E-state index contributed by atoms with van der Waals surface area (Å²) in [5.74, 6) is 0.633. The molecule has 0 amide bonds. The predicted molar refractivity (Wildman–Crippen MR) is 54.4 cm³/mol. The first-order valence-electron chi connectivity index (χ1n) is 4.25. The van der Waals surface area contributed by atoms with E-state index in [9.17, 15) is 0 Å². The minimum atomic E-state index is 0.154. The van der Waals surface area contributed by atoms with E-state index in [1.807, 2.05) is 0 Å². The third kappa shape index (κ3) is 1.28. The first-order valence-corrected chi connectivity index (χ1v) is 4.63. The fraction of sp³-hybridized carbons (Fsp3) is 0. The molecule has 0 saturated heterocycles. The number of rotatable bonds is 1. The van der Waals surface area contributed by atoms with Gasteiger partial charge in [0.2, 0.25) is 5.28 Å². The Morgan fingerprint density at radius 2 is 2.27 bits per heavy atom. The fourth-order valence-electron chi connectivity index (χ4n) is 1.40. The summed E-state index contributed by atoms with van der Waals surface area (Å²) in [4.78, 5) is 15.0. The van der Waals surface area contributed by atoms with Crippen molar-refractivity contribution in [2.45, 2.75) is 0 Å². The number of imidazole rings is 1. The summed E-state index contributed by atoms with van der Waals surface area (Å²) in [6, 6.07) is 3.59. The van der Waals surface area contributed by atoms with E-state index in [1.165, 1.54) is 0 Å². The number of H-pyrrole nitrogens is 1. The third-order valence-corrected chi connectivity index (χ3v) is 2.18. The fourth-order valence-corrected chi connectivity index (χ4v) is 1.56. The highest BCUT2D eigenvalue weighted by atomic mass is 35.5. The van der Waals surface area contributed by atoms with Crippen molar-refractivity contribution in [1.29, 1.82) is 0 Å². The molecule has 0 aliphatic carbocycles.